The quantitative estimate of drug-likeness (QED) is 0.415. The van der Waals surface area contributed by atoms with E-state index in [9.17, 15) is 0 Å². The normalized spacial score (nSPS) is 31.6. The van der Waals surface area contributed by atoms with E-state index in [0.717, 1.165) is 13.0 Å². The topological polar surface area (TPSA) is 9.23 Å². The molecule has 0 radical (unpaired) electrons. The molecule has 0 aromatic rings. The summed E-state index contributed by atoms with van der Waals surface area (Å²) in [4.78, 5) is 0. The third-order valence-electron chi connectivity index (χ3n) is 1.15. The monoisotopic (exact) mass is 98.1 g/mol. The van der Waals surface area contributed by atoms with Crippen LogP contribution in [0.2, 0.25) is 0 Å². The lowest BCUT2D eigenvalue weighted by atomic mass is 10.2. The van der Waals surface area contributed by atoms with Gasteiger partial charge in [-0.15, -0.1) is 0 Å². The van der Waals surface area contributed by atoms with Crippen LogP contribution in [0, 0.1) is 0 Å². The largest absolute Gasteiger partial charge is 0.374 e. The van der Waals surface area contributed by atoms with Crippen molar-refractivity contribution in [2.75, 3.05) is 6.61 Å². The maximum absolute atomic E-state index is 5.17. The Morgan fingerprint density at radius 1 is 1.86 bits per heavy atom. The van der Waals surface area contributed by atoms with Crippen molar-refractivity contribution in [1.29, 1.82) is 0 Å². The van der Waals surface area contributed by atoms with Crippen LogP contribution < -0.4 is 0 Å². The van der Waals surface area contributed by atoms with Gasteiger partial charge in [0.1, 0.15) is 0 Å². The van der Waals surface area contributed by atoms with Crippen LogP contribution in [0.15, 0.2) is 12.2 Å². The van der Waals surface area contributed by atoms with Crippen LogP contribution in [-0.4, -0.2) is 12.7 Å². The summed E-state index contributed by atoms with van der Waals surface area (Å²) in [5.74, 6) is 0. The summed E-state index contributed by atoms with van der Waals surface area (Å²) in [6.45, 7) is 6.63. The average molecular weight is 98.1 g/mol. The molecule has 1 heteroatoms. The lowest BCUT2D eigenvalue weighted by Crippen LogP contribution is -1.94. The lowest BCUT2D eigenvalue weighted by molar-refractivity contribution is 0.128. The van der Waals surface area contributed by atoms with E-state index in [2.05, 4.69) is 13.5 Å². The second kappa shape index (κ2) is 1.66. The zero-order valence-electron chi connectivity index (χ0n) is 4.61. The molecule has 0 aromatic carbocycles. The van der Waals surface area contributed by atoms with Crippen molar-refractivity contribution >= 4 is 0 Å². The van der Waals surface area contributed by atoms with Gasteiger partial charge < -0.3 is 4.74 Å². The molecule has 0 saturated carbocycles. The van der Waals surface area contributed by atoms with Crippen LogP contribution >= 0.6 is 0 Å². The van der Waals surface area contributed by atoms with E-state index in [1.165, 1.54) is 5.57 Å². The molecule has 40 valence electrons. The van der Waals surface area contributed by atoms with Crippen molar-refractivity contribution in [1.82, 2.24) is 0 Å². The van der Waals surface area contributed by atoms with Gasteiger partial charge in [0.15, 0.2) is 0 Å². The van der Waals surface area contributed by atoms with Crippen LogP contribution in [0.3, 0.4) is 0 Å². The molecule has 1 aliphatic heterocycles. The highest BCUT2D eigenvalue weighted by molar-refractivity contribution is 5.00. The van der Waals surface area contributed by atoms with Gasteiger partial charge in [-0.1, -0.05) is 6.58 Å². The Morgan fingerprint density at radius 2 is 2.57 bits per heavy atom. The minimum absolute atomic E-state index is 0.424. The number of rotatable bonds is 0. The Morgan fingerprint density at radius 3 is 2.71 bits per heavy atom. The lowest BCUT2D eigenvalue weighted by Gasteiger charge is -1.93. The molecule has 0 amide bonds. The van der Waals surface area contributed by atoms with Crippen molar-refractivity contribution in [3.63, 3.8) is 0 Å². The molecule has 1 fully saturated rings. The molecule has 1 nitrogen and oxygen atoms in total. The first-order chi connectivity index (χ1) is 3.29. The molecule has 1 heterocycles. The van der Waals surface area contributed by atoms with E-state index < -0.39 is 0 Å². The zero-order chi connectivity index (χ0) is 5.28. The summed E-state index contributed by atoms with van der Waals surface area (Å²) in [6, 6.07) is 0. The van der Waals surface area contributed by atoms with Crippen molar-refractivity contribution in [3.8, 4) is 0 Å². The highest BCUT2D eigenvalue weighted by Gasteiger charge is 2.11. The van der Waals surface area contributed by atoms with Crippen molar-refractivity contribution in [2.24, 2.45) is 0 Å². The SMILES string of the molecule is C=C1CO[C@@H](C)C1. The fraction of sp³-hybridized carbons (Fsp3) is 0.667. The summed E-state index contributed by atoms with van der Waals surface area (Å²) >= 11 is 0. The second-order valence-corrected chi connectivity index (χ2v) is 2.08. The molecular weight excluding hydrogens is 88.1 g/mol. The number of hydrogen-bond acceptors (Lipinski definition) is 1. The van der Waals surface area contributed by atoms with Crippen molar-refractivity contribution < 1.29 is 4.74 Å². The van der Waals surface area contributed by atoms with E-state index in [0.29, 0.717) is 6.10 Å². The van der Waals surface area contributed by atoms with Crippen molar-refractivity contribution in [2.45, 2.75) is 19.4 Å². The third kappa shape index (κ3) is 1.03. The Balaban J connectivity index is 2.40. The van der Waals surface area contributed by atoms with E-state index in [4.69, 9.17) is 4.74 Å². The summed E-state index contributed by atoms with van der Waals surface area (Å²) in [5, 5.41) is 0. The summed E-state index contributed by atoms with van der Waals surface area (Å²) in [7, 11) is 0. The van der Waals surface area contributed by atoms with Gasteiger partial charge in [-0.2, -0.15) is 0 Å². The van der Waals surface area contributed by atoms with Crippen LogP contribution in [-0.2, 0) is 4.74 Å². The molecule has 1 saturated heterocycles. The molecule has 0 spiro atoms. The predicted octanol–water partition coefficient (Wildman–Crippen LogP) is 1.35. The van der Waals surface area contributed by atoms with Gasteiger partial charge in [0.2, 0.25) is 0 Å². The molecule has 1 atom stereocenters. The Bertz CT molecular complexity index is 86.2. The van der Waals surface area contributed by atoms with Crippen LogP contribution in [0.25, 0.3) is 0 Å². The molecule has 1 aliphatic rings. The Hall–Kier alpha value is -0.300. The van der Waals surface area contributed by atoms with Gasteiger partial charge in [-0.3, -0.25) is 0 Å². The van der Waals surface area contributed by atoms with Gasteiger partial charge in [-0.25, -0.2) is 0 Å². The Kier molecular flexibility index (Phi) is 1.15. The maximum atomic E-state index is 5.17. The fourth-order valence-electron chi connectivity index (χ4n) is 0.784. The average Bonchev–Trinajstić information content (AvgIpc) is 1.87. The minimum atomic E-state index is 0.424. The minimum Gasteiger partial charge on any atom is -0.374 e. The maximum Gasteiger partial charge on any atom is 0.0678 e. The molecule has 0 N–H and O–H groups in total. The molecule has 0 aliphatic carbocycles. The molecule has 0 aromatic heterocycles. The third-order valence-corrected chi connectivity index (χ3v) is 1.15. The predicted molar refractivity (Wildman–Crippen MR) is 29.2 cm³/mol. The standard InChI is InChI=1S/C6H10O/c1-5-3-6(2)7-4-5/h6H,1,3-4H2,2H3/t6-/m0/s1. The van der Waals surface area contributed by atoms with Gasteiger partial charge in [0.05, 0.1) is 12.7 Å². The van der Waals surface area contributed by atoms with E-state index in [1.54, 1.807) is 0 Å². The van der Waals surface area contributed by atoms with Gasteiger partial charge in [-0.05, 0) is 18.9 Å². The highest BCUT2D eigenvalue weighted by Crippen LogP contribution is 2.14. The molecular formula is C6H10O. The first-order valence-electron chi connectivity index (χ1n) is 2.57. The second-order valence-electron chi connectivity index (χ2n) is 2.08. The first-order valence-corrected chi connectivity index (χ1v) is 2.57. The first kappa shape index (κ1) is 4.85. The van der Waals surface area contributed by atoms with E-state index >= 15 is 0 Å². The van der Waals surface area contributed by atoms with Crippen LogP contribution in [0.5, 0.6) is 0 Å². The number of hydrogen-bond donors (Lipinski definition) is 0. The van der Waals surface area contributed by atoms with E-state index in [-0.39, 0.29) is 0 Å². The fourth-order valence-corrected chi connectivity index (χ4v) is 0.784. The van der Waals surface area contributed by atoms with Gasteiger partial charge in [0, 0.05) is 0 Å². The Labute approximate surface area is 44.0 Å². The summed E-state index contributed by atoms with van der Waals surface area (Å²) in [6.07, 6.45) is 1.48. The summed E-state index contributed by atoms with van der Waals surface area (Å²) < 4.78 is 5.17. The smallest absolute Gasteiger partial charge is 0.0678 e. The van der Waals surface area contributed by atoms with Crippen LogP contribution in [0.1, 0.15) is 13.3 Å². The molecule has 0 bridgehead atoms. The van der Waals surface area contributed by atoms with Crippen LogP contribution in [0.4, 0.5) is 0 Å². The van der Waals surface area contributed by atoms with E-state index in [1.807, 2.05) is 0 Å². The summed E-state index contributed by atoms with van der Waals surface area (Å²) in [5.41, 5.74) is 1.23. The molecule has 1 rings (SSSR count). The van der Waals surface area contributed by atoms with Gasteiger partial charge in [0.25, 0.3) is 0 Å². The van der Waals surface area contributed by atoms with Gasteiger partial charge >= 0.3 is 0 Å². The zero-order valence-corrected chi connectivity index (χ0v) is 4.61. The molecule has 0 unspecified atom stereocenters. The number of ether oxygens (including phenoxy) is 1. The molecule has 7 heavy (non-hydrogen) atoms. The van der Waals surface area contributed by atoms with Crippen molar-refractivity contribution in [3.05, 3.63) is 12.2 Å². The highest BCUT2D eigenvalue weighted by atomic mass is 16.5.